The largest absolute Gasteiger partial charge is 0.497 e. The van der Waals surface area contributed by atoms with Gasteiger partial charge >= 0.3 is 0 Å². The van der Waals surface area contributed by atoms with Gasteiger partial charge in [0.15, 0.2) is 0 Å². The maximum Gasteiger partial charge on any atom is 0.118 e. The SMILES string of the molecule is COc1ccc(CCOCCCCCCBr)cc1. The predicted octanol–water partition coefficient (Wildman–Crippen LogP) is 4.21. The molecule has 0 unspecified atom stereocenters. The number of benzene rings is 1. The van der Waals surface area contributed by atoms with Crippen molar-refractivity contribution in [1.82, 2.24) is 0 Å². The average Bonchev–Trinajstić information content (AvgIpc) is 2.42. The molecule has 0 aliphatic carbocycles. The molecule has 0 aliphatic rings. The van der Waals surface area contributed by atoms with Crippen LogP contribution in [0.15, 0.2) is 24.3 Å². The molecule has 0 atom stereocenters. The molecule has 0 amide bonds. The Morgan fingerprint density at radius 3 is 2.33 bits per heavy atom. The zero-order chi connectivity index (χ0) is 13.1. The van der Waals surface area contributed by atoms with E-state index in [4.69, 9.17) is 9.47 Å². The van der Waals surface area contributed by atoms with Crippen LogP contribution >= 0.6 is 15.9 Å². The van der Waals surface area contributed by atoms with Crippen LogP contribution < -0.4 is 4.74 Å². The van der Waals surface area contributed by atoms with Gasteiger partial charge in [-0.25, -0.2) is 0 Å². The molecule has 102 valence electrons. The molecule has 0 heterocycles. The van der Waals surface area contributed by atoms with Gasteiger partial charge < -0.3 is 9.47 Å². The second-order valence-corrected chi connectivity index (χ2v) is 5.11. The highest BCUT2D eigenvalue weighted by Gasteiger charge is 1.95. The summed E-state index contributed by atoms with van der Waals surface area (Å²) in [5.74, 6) is 0.909. The molecule has 0 spiro atoms. The molecule has 0 N–H and O–H groups in total. The Hall–Kier alpha value is -0.540. The van der Waals surface area contributed by atoms with Gasteiger partial charge in [0.1, 0.15) is 5.75 Å². The number of ether oxygens (including phenoxy) is 2. The first-order valence-electron chi connectivity index (χ1n) is 6.63. The van der Waals surface area contributed by atoms with Crippen LogP contribution in [-0.4, -0.2) is 25.7 Å². The first-order chi connectivity index (χ1) is 8.86. The van der Waals surface area contributed by atoms with Gasteiger partial charge in [0.25, 0.3) is 0 Å². The van der Waals surface area contributed by atoms with E-state index in [1.54, 1.807) is 7.11 Å². The van der Waals surface area contributed by atoms with Crippen LogP contribution in [0, 0.1) is 0 Å². The van der Waals surface area contributed by atoms with E-state index < -0.39 is 0 Å². The third kappa shape index (κ3) is 7.02. The topological polar surface area (TPSA) is 18.5 Å². The van der Waals surface area contributed by atoms with Crippen molar-refractivity contribution in [3.63, 3.8) is 0 Å². The van der Waals surface area contributed by atoms with E-state index in [1.807, 2.05) is 12.1 Å². The summed E-state index contributed by atoms with van der Waals surface area (Å²) in [6, 6.07) is 8.18. The monoisotopic (exact) mass is 314 g/mol. The predicted molar refractivity (Wildman–Crippen MR) is 79.8 cm³/mol. The van der Waals surface area contributed by atoms with Crippen molar-refractivity contribution in [3.05, 3.63) is 29.8 Å². The van der Waals surface area contributed by atoms with Crippen LogP contribution in [0.2, 0.25) is 0 Å². The van der Waals surface area contributed by atoms with E-state index in [2.05, 4.69) is 28.1 Å². The smallest absolute Gasteiger partial charge is 0.118 e. The van der Waals surface area contributed by atoms with E-state index in [1.165, 1.54) is 31.2 Å². The Bertz CT molecular complexity index is 298. The normalized spacial score (nSPS) is 10.6. The quantitative estimate of drug-likeness (QED) is 0.476. The van der Waals surface area contributed by atoms with Crippen LogP contribution in [0.4, 0.5) is 0 Å². The van der Waals surface area contributed by atoms with E-state index in [0.29, 0.717) is 0 Å². The summed E-state index contributed by atoms with van der Waals surface area (Å²) >= 11 is 3.44. The number of alkyl halides is 1. The van der Waals surface area contributed by atoms with Crippen LogP contribution in [0.5, 0.6) is 5.75 Å². The zero-order valence-electron chi connectivity index (χ0n) is 11.2. The Kier molecular flexibility index (Phi) is 8.96. The lowest BCUT2D eigenvalue weighted by molar-refractivity contribution is 0.133. The summed E-state index contributed by atoms with van der Waals surface area (Å²) in [6.45, 7) is 1.70. The maximum atomic E-state index is 5.63. The molecule has 2 nitrogen and oxygen atoms in total. The number of hydrogen-bond donors (Lipinski definition) is 0. The summed E-state index contributed by atoms with van der Waals surface area (Å²) in [5, 5.41) is 1.12. The van der Waals surface area contributed by atoms with Crippen LogP contribution in [0.1, 0.15) is 31.2 Å². The molecule has 0 bridgehead atoms. The number of rotatable bonds is 10. The summed E-state index contributed by atoms with van der Waals surface area (Å²) in [7, 11) is 1.69. The molecular weight excluding hydrogens is 292 g/mol. The summed E-state index contributed by atoms with van der Waals surface area (Å²) in [5.41, 5.74) is 1.30. The van der Waals surface area contributed by atoms with E-state index in [9.17, 15) is 0 Å². The van der Waals surface area contributed by atoms with Gasteiger partial charge in [0.2, 0.25) is 0 Å². The zero-order valence-corrected chi connectivity index (χ0v) is 12.7. The lowest BCUT2D eigenvalue weighted by Gasteiger charge is -2.05. The highest BCUT2D eigenvalue weighted by molar-refractivity contribution is 9.09. The van der Waals surface area contributed by atoms with Gasteiger partial charge in [-0.2, -0.15) is 0 Å². The van der Waals surface area contributed by atoms with Crippen LogP contribution in [0.3, 0.4) is 0 Å². The third-order valence-corrected chi connectivity index (χ3v) is 3.43. The molecule has 1 rings (SSSR count). The van der Waals surface area contributed by atoms with Gasteiger partial charge in [-0.15, -0.1) is 0 Å². The number of methoxy groups -OCH3 is 1. The van der Waals surface area contributed by atoms with E-state index >= 15 is 0 Å². The number of hydrogen-bond acceptors (Lipinski definition) is 2. The van der Waals surface area contributed by atoms with Crippen molar-refractivity contribution >= 4 is 15.9 Å². The summed E-state index contributed by atoms with van der Waals surface area (Å²) in [6.07, 6.45) is 5.99. The van der Waals surface area contributed by atoms with Gasteiger partial charge in [0, 0.05) is 11.9 Å². The molecule has 0 aliphatic heterocycles. The minimum atomic E-state index is 0.810. The molecule has 1 aromatic carbocycles. The molecule has 0 saturated carbocycles. The van der Waals surface area contributed by atoms with Crippen molar-refractivity contribution in [1.29, 1.82) is 0 Å². The van der Waals surface area contributed by atoms with Crippen LogP contribution in [-0.2, 0) is 11.2 Å². The average molecular weight is 315 g/mol. The highest BCUT2D eigenvalue weighted by atomic mass is 79.9. The maximum absolute atomic E-state index is 5.63. The second kappa shape index (κ2) is 10.4. The highest BCUT2D eigenvalue weighted by Crippen LogP contribution is 2.11. The fourth-order valence-electron chi connectivity index (χ4n) is 1.74. The Morgan fingerprint density at radius 2 is 1.67 bits per heavy atom. The van der Waals surface area contributed by atoms with Crippen molar-refractivity contribution < 1.29 is 9.47 Å². The van der Waals surface area contributed by atoms with Crippen molar-refractivity contribution in [3.8, 4) is 5.75 Å². The molecule has 3 heteroatoms. The standard InChI is InChI=1S/C15H23BrO2/c1-17-15-8-6-14(7-9-15)10-13-18-12-5-3-2-4-11-16/h6-9H,2-5,10-13H2,1H3. The Balaban J connectivity index is 2.00. The molecule has 0 saturated heterocycles. The first-order valence-corrected chi connectivity index (χ1v) is 7.75. The summed E-state index contributed by atoms with van der Waals surface area (Å²) < 4.78 is 10.8. The fraction of sp³-hybridized carbons (Fsp3) is 0.600. The molecular formula is C15H23BrO2. The van der Waals surface area contributed by atoms with Gasteiger partial charge in [-0.05, 0) is 37.0 Å². The Morgan fingerprint density at radius 1 is 0.944 bits per heavy atom. The molecule has 0 radical (unpaired) electrons. The van der Waals surface area contributed by atoms with E-state index in [-0.39, 0.29) is 0 Å². The van der Waals surface area contributed by atoms with E-state index in [0.717, 1.165) is 30.7 Å². The minimum absolute atomic E-state index is 0.810. The summed E-state index contributed by atoms with van der Waals surface area (Å²) in [4.78, 5) is 0. The first kappa shape index (κ1) is 15.5. The van der Waals surface area contributed by atoms with Crippen LogP contribution in [0.25, 0.3) is 0 Å². The van der Waals surface area contributed by atoms with Gasteiger partial charge in [-0.3, -0.25) is 0 Å². The Labute approximate surface area is 119 Å². The van der Waals surface area contributed by atoms with Gasteiger partial charge in [0.05, 0.1) is 13.7 Å². The molecule has 0 fully saturated rings. The van der Waals surface area contributed by atoms with Gasteiger partial charge in [-0.1, -0.05) is 40.9 Å². The molecule has 18 heavy (non-hydrogen) atoms. The lowest BCUT2D eigenvalue weighted by atomic mass is 10.1. The number of halogens is 1. The van der Waals surface area contributed by atoms with Crippen molar-refractivity contribution in [2.45, 2.75) is 32.1 Å². The molecule has 1 aromatic rings. The van der Waals surface area contributed by atoms with Crippen molar-refractivity contribution in [2.75, 3.05) is 25.7 Å². The third-order valence-electron chi connectivity index (χ3n) is 2.87. The number of unbranched alkanes of at least 4 members (excludes halogenated alkanes) is 3. The molecule has 0 aromatic heterocycles. The minimum Gasteiger partial charge on any atom is -0.497 e. The lowest BCUT2D eigenvalue weighted by Crippen LogP contribution is -2.00. The van der Waals surface area contributed by atoms with Crippen molar-refractivity contribution in [2.24, 2.45) is 0 Å². The fourth-order valence-corrected chi connectivity index (χ4v) is 2.13. The second-order valence-electron chi connectivity index (χ2n) is 4.31.